The van der Waals surface area contributed by atoms with Crippen LogP contribution < -0.4 is 10.6 Å². The van der Waals surface area contributed by atoms with Crippen LogP contribution in [-0.2, 0) is 32.0 Å². The summed E-state index contributed by atoms with van der Waals surface area (Å²) in [5.74, 6) is -2.63. The second kappa shape index (κ2) is 16.1. The molecule has 0 spiro atoms. The molecular formula is C28H36N2O6. The number of benzene rings is 2. The first-order valence-corrected chi connectivity index (χ1v) is 12.5. The molecule has 2 rings (SSSR count). The number of carboxylic acids is 2. The van der Waals surface area contributed by atoms with Crippen LogP contribution in [0.4, 0.5) is 0 Å². The maximum atomic E-state index is 12.1. The van der Waals surface area contributed by atoms with Crippen molar-refractivity contribution in [1.82, 2.24) is 10.6 Å². The van der Waals surface area contributed by atoms with Crippen molar-refractivity contribution in [1.29, 1.82) is 0 Å². The van der Waals surface area contributed by atoms with Crippen molar-refractivity contribution < 1.29 is 29.4 Å². The molecule has 8 nitrogen and oxygen atoms in total. The Bertz CT molecular complexity index is 885. The fraction of sp³-hybridized carbons (Fsp3) is 0.429. The maximum Gasteiger partial charge on any atom is 0.326 e. The third-order valence-corrected chi connectivity index (χ3v) is 5.89. The highest BCUT2D eigenvalue weighted by atomic mass is 16.4. The second-order valence-electron chi connectivity index (χ2n) is 8.92. The van der Waals surface area contributed by atoms with E-state index in [0.717, 1.165) is 36.8 Å². The van der Waals surface area contributed by atoms with Gasteiger partial charge in [0.05, 0.1) is 0 Å². The van der Waals surface area contributed by atoms with Crippen molar-refractivity contribution in [2.75, 3.05) is 0 Å². The van der Waals surface area contributed by atoms with Gasteiger partial charge in [0.1, 0.15) is 12.1 Å². The zero-order valence-electron chi connectivity index (χ0n) is 20.5. The molecule has 194 valence electrons. The van der Waals surface area contributed by atoms with Gasteiger partial charge in [0.2, 0.25) is 11.8 Å². The molecular weight excluding hydrogens is 460 g/mol. The number of unbranched alkanes of at least 4 members (excludes halogenated alkanes) is 5. The molecule has 0 bridgehead atoms. The third-order valence-electron chi connectivity index (χ3n) is 5.89. The Balaban J connectivity index is 1.55. The van der Waals surface area contributed by atoms with E-state index in [1.807, 2.05) is 60.7 Å². The van der Waals surface area contributed by atoms with Crippen LogP contribution in [0.25, 0.3) is 0 Å². The number of carbonyl (C=O) groups is 4. The largest absolute Gasteiger partial charge is 0.480 e. The van der Waals surface area contributed by atoms with Crippen molar-refractivity contribution in [2.24, 2.45) is 0 Å². The van der Waals surface area contributed by atoms with Crippen molar-refractivity contribution in [3.8, 4) is 0 Å². The van der Waals surface area contributed by atoms with Crippen molar-refractivity contribution >= 4 is 23.8 Å². The first kappa shape index (κ1) is 28.6. The fourth-order valence-electron chi connectivity index (χ4n) is 3.91. The lowest BCUT2D eigenvalue weighted by molar-refractivity contribution is -0.142. The van der Waals surface area contributed by atoms with Gasteiger partial charge in [0, 0.05) is 25.7 Å². The van der Waals surface area contributed by atoms with Gasteiger partial charge in [-0.2, -0.15) is 0 Å². The van der Waals surface area contributed by atoms with Gasteiger partial charge in [-0.25, -0.2) is 9.59 Å². The highest BCUT2D eigenvalue weighted by Crippen LogP contribution is 2.10. The third kappa shape index (κ3) is 11.6. The molecule has 0 saturated heterocycles. The van der Waals surface area contributed by atoms with Crippen molar-refractivity contribution in [2.45, 2.75) is 76.3 Å². The maximum absolute atomic E-state index is 12.1. The zero-order valence-corrected chi connectivity index (χ0v) is 20.5. The van der Waals surface area contributed by atoms with Gasteiger partial charge < -0.3 is 20.8 Å². The van der Waals surface area contributed by atoms with E-state index in [1.165, 1.54) is 0 Å². The van der Waals surface area contributed by atoms with Crippen LogP contribution in [0.5, 0.6) is 0 Å². The first-order valence-electron chi connectivity index (χ1n) is 12.5. The molecule has 0 heterocycles. The van der Waals surface area contributed by atoms with E-state index in [1.54, 1.807) is 0 Å². The predicted molar refractivity (Wildman–Crippen MR) is 136 cm³/mol. The Labute approximate surface area is 212 Å². The van der Waals surface area contributed by atoms with Crippen LogP contribution >= 0.6 is 0 Å². The molecule has 8 heteroatoms. The summed E-state index contributed by atoms with van der Waals surface area (Å²) in [5.41, 5.74) is 1.71. The summed E-state index contributed by atoms with van der Waals surface area (Å²) in [6.07, 6.45) is 5.89. The Morgan fingerprint density at radius 2 is 0.889 bits per heavy atom. The minimum Gasteiger partial charge on any atom is -0.480 e. The topological polar surface area (TPSA) is 133 Å². The zero-order chi connectivity index (χ0) is 26.2. The lowest BCUT2D eigenvalue weighted by Crippen LogP contribution is -2.42. The van der Waals surface area contributed by atoms with Crippen molar-refractivity contribution in [3.63, 3.8) is 0 Å². The molecule has 4 N–H and O–H groups in total. The summed E-state index contributed by atoms with van der Waals surface area (Å²) in [6, 6.07) is 16.5. The van der Waals surface area contributed by atoms with Crippen LogP contribution in [0, 0.1) is 0 Å². The Hall–Kier alpha value is -3.68. The summed E-state index contributed by atoms with van der Waals surface area (Å²) in [4.78, 5) is 47.2. The minimum atomic E-state index is -1.05. The lowest BCUT2D eigenvalue weighted by Gasteiger charge is -2.15. The van der Waals surface area contributed by atoms with E-state index in [0.29, 0.717) is 12.8 Å². The van der Waals surface area contributed by atoms with E-state index in [2.05, 4.69) is 10.6 Å². The van der Waals surface area contributed by atoms with Crippen LogP contribution in [0.3, 0.4) is 0 Å². The standard InChI is InChI=1S/C28H36N2O6/c31-25(29-23(27(33)34)19-21-13-7-5-8-14-21)17-11-3-1-2-4-12-18-26(32)30-24(28(35)36)20-22-15-9-6-10-16-22/h5-10,13-16,23-24H,1-4,11-12,17-20H2,(H,29,31)(H,30,32)(H,33,34)(H,35,36)/t23-,24+. The molecule has 0 aliphatic rings. The average molecular weight is 497 g/mol. The fourth-order valence-corrected chi connectivity index (χ4v) is 3.91. The highest BCUT2D eigenvalue weighted by Gasteiger charge is 2.21. The molecule has 0 unspecified atom stereocenters. The number of amides is 2. The van der Waals surface area contributed by atoms with E-state index in [4.69, 9.17) is 0 Å². The average Bonchev–Trinajstić information content (AvgIpc) is 2.86. The normalized spacial score (nSPS) is 12.3. The van der Waals surface area contributed by atoms with Crippen LogP contribution in [-0.4, -0.2) is 46.0 Å². The van der Waals surface area contributed by atoms with E-state index in [-0.39, 0.29) is 37.5 Å². The Kier molecular flexibility index (Phi) is 12.8. The summed E-state index contributed by atoms with van der Waals surface area (Å²) in [5, 5.41) is 24.0. The molecule has 0 aliphatic carbocycles. The molecule has 2 atom stereocenters. The number of carboxylic acid groups (broad SMARTS) is 2. The van der Waals surface area contributed by atoms with Gasteiger partial charge in [-0.3, -0.25) is 9.59 Å². The number of hydrogen-bond donors (Lipinski definition) is 4. The van der Waals surface area contributed by atoms with E-state index >= 15 is 0 Å². The molecule has 0 radical (unpaired) electrons. The monoisotopic (exact) mass is 496 g/mol. The lowest BCUT2D eigenvalue weighted by atomic mass is 10.0. The number of aliphatic carboxylic acids is 2. The quantitative estimate of drug-likeness (QED) is 0.247. The van der Waals surface area contributed by atoms with Gasteiger partial charge in [0.15, 0.2) is 0 Å². The summed E-state index contributed by atoms with van der Waals surface area (Å²) >= 11 is 0. The summed E-state index contributed by atoms with van der Waals surface area (Å²) < 4.78 is 0. The number of carbonyl (C=O) groups excluding carboxylic acids is 2. The minimum absolute atomic E-state index is 0.245. The van der Waals surface area contributed by atoms with Crippen LogP contribution in [0.1, 0.15) is 62.5 Å². The predicted octanol–water partition coefficient (Wildman–Crippen LogP) is 3.73. The van der Waals surface area contributed by atoms with Gasteiger partial charge in [-0.05, 0) is 24.0 Å². The molecule has 36 heavy (non-hydrogen) atoms. The number of hydrogen-bond acceptors (Lipinski definition) is 4. The molecule has 2 amide bonds. The summed E-state index contributed by atoms with van der Waals surface area (Å²) in [6.45, 7) is 0. The van der Waals surface area contributed by atoms with Crippen molar-refractivity contribution in [3.05, 3.63) is 71.8 Å². The summed E-state index contributed by atoms with van der Waals surface area (Å²) in [7, 11) is 0. The number of nitrogens with one attached hydrogen (secondary N) is 2. The molecule has 0 aromatic heterocycles. The smallest absolute Gasteiger partial charge is 0.326 e. The van der Waals surface area contributed by atoms with Gasteiger partial charge in [-0.15, -0.1) is 0 Å². The Morgan fingerprint density at radius 3 is 1.22 bits per heavy atom. The molecule has 0 saturated carbocycles. The molecule has 2 aromatic rings. The molecule has 2 aromatic carbocycles. The van der Waals surface area contributed by atoms with Crippen LogP contribution in [0.2, 0.25) is 0 Å². The first-order chi connectivity index (χ1) is 17.3. The van der Waals surface area contributed by atoms with Gasteiger partial charge >= 0.3 is 11.9 Å². The van der Waals surface area contributed by atoms with Crippen LogP contribution in [0.15, 0.2) is 60.7 Å². The second-order valence-corrected chi connectivity index (χ2v) is 8.92. The van der Waals surface area contributed by atoms with Gasteiger partial charge in [0.25, 0.3) is 0 Å². The number of rotatable bonds is 17. The molecule has 0 fully saturated rings. The molecule has 0 aliphatic heterocycles. The van der Waals surface area contributed by atoms with E-state index in [9.17, 15) is 29.4 Å². The highest BCUT2D eigenvalue weighted by molar-refractivity contribution is 5.84. The SMILES string of the molecule is O=C(CCCCCCCCC(=O)N[C@H](Cc1ccccc1)C(=O)O)N[C@@H](Cc1ccccc1)C(=O)O. The Morgan fingerprint density at radius 1 is 0.556 bits per heavy atom. The van der Waals surface area contributed by atoms with E-state index < -0.39 is 24.0 Å². The van der Waals surface area contributed by atoms with Gasteiger partial charge in [-0.1, -0.05) is 86.3 Å².